The van der Waals surface area contributed by atoms with Gasteiger partial charge in [0.15, 0.2) is 23.3 Å². The van der Waals surface area contributed by atoms with E-state index in [0.717, 1.165) is 4.90 Å². The zero-order valence-electron chi connectivity index (χ0n) is 10.1. The van der Waals surface area contributed by atoms with Crippen molar-refractivity contribution < 1.29 is 31.9 Å². The van der Waals surface area contributed by atoms with Gasteiger partial charge < -0.3 is 10.0 Å². The summed E-state index contributed by atoms with van der Waals surface area (Å²) in [6.45, 7) is -0.708. The van der Waals surface area contributed by atoms with Gasteiger partial charge in [-0.15, -0.1) is 0 Å². The van der Waals surface area contributed by atoms with Crippen molar-refractivity contribution >= 4 is 5.91 Å². The van der Waals surface area contributed by atoms with Crippen LogP contribution in [0.1, 0.15) is 23.2 Å². The lowest BCUT2D eigenvalue weighted by Gasteiger charge is -2.22. The van der Waals surface area contributed by atoms with E-state index in [-0.39, 0.29) is 12.6 Å². The molecule has 8 heteroatoms. The van der Waals surface area contributed by atoms with Crippen LogP contribution in [0.5, 0.6) is 0 Å². The molecule has 1 aromatic rings. The van der Waals surface area contributed by atoms with E-state index in [1.54, 1.807) is 0 Å². The molecule has 0 bridgehead atoms. The molecule has 0 saturated heterocycles. The first-order valence-corrected chi connectivity index (χ1v) is 5.83. The van der Waals surface area contributed by atoms with Gasteiger partial charge in [0.2, 0.25) is 5.82 Å². The van der Waals surface area contributed by atoms with Crippen LogP contribution in [0.2, 0.25) is 0 Å². The maximum atomic E-state index is 13.5. The summed E-state index contributed by atoms with van der Waals surface area (Å²) in [5, 5.41) is 8.81. The van der Waals surface area contributed by atoms with Crippen LogP contribution >= 0.6 is 0 Å². The minimum atomic E-state index is -2.31. The summed E-state index contributed by atoms with van der Waals surface area (Å²) in [5.74, 6) is -12.3. The van der Waals surface area contributed by atoms with E-state index in [4.69, 9.17) is 5.11 Å². The molecule has 2 rings (SSSR count). The van der Waals surface area contributed by atoms with Gasteiger partial charge in [-0.2, -0.15) is 0 Å². The van der Waals surface area contributed by atoms with Gasteiger partial charge in [-0.25, -0.2) is 22.0 Å². The Hall–Kier alpha value is -1.70. The minimum absolute atomic E-state index is 0.233. The molecule has 1 aliphatic rings. The summed E-state index contributed by atoms with van der Waals surface area (Å²) in [7, 11) is 0. The highest BCUT2D eigenvalue weighted by atomic mass is 19.2. The number of hydrogen-bond acceptors (Lipinski definition) is 2. The Bertz CT molecular complexity index is 530. The van der Waals surface area contributed by atoms with Gasteiger partial charge in [0.05, 0.1) is 6.61 Å². The average molecular weight is 295 g/mol. The highest BCUT2D eigenvalue weighted by Gasteiger charge is 2.37. The largest absolute Gasteiger partial charge is 0.395 e. The molecule has 0 aromatic heterocycles. The number of halogens is 5. The smallest absolute Gasteiger partial charge is 0.260 e. The van der Waals surface area contributed by atoms with Crippen molar-refractivity contribution in [3.8, 4) is 0 Å². The second kappa shape index (κ2) is 5.35. The molecule has 0 spiro atoms. The average Bonchev–Trinajstić information content (AvgIpc) is 3.24. The monoisotopic (exact) mass is 295 g/mol. The molecule has 1 amide bonds. The number of aliphatic hydroxyl groups is 1. The molecule has 1 N–H and O–H groups in total. The first-order chi connectivity index (χ1) is 9.40. The van der Waals surface area contributed by atoms with Crippen molar-refractivity contribution in [2.45, 2.75) is 18.9 Å². The third-order valence-electron chi connectivity index (χ3n) is 3.01. The number of amides is 1. The number of aliphatic hydroxyl groups excluding tert-OH is 1. The standard InChI is InChI=1S/C12H10F5NO2/c13-7-6(8(14)10(16)11(17)9(7)15)12(20)18(3-4-19)5-1-2-5/h5,19H,1-4H2. The van der Waals surface area contributed by atoms with E-state index >= 15 is 0 Å². The Morgan fingerprint density at radius 1 is 1.00 bits per heavy atom. The van der Waals surface area contributed by atoms with Crippen molar-refractivity contribution in [2.24, 2.45) is 0 Å². The molecule has 0 aliphatic heterocycles. The van der Waals surface area contributed by atoms with Crippen LogP contribution in [0, 0.1) is 29.1 Å². The molecule has 1 aliphatic carbocycles. The predicted octanol–water partition coefficient (Wildman–Crippen LogP) is 1.98. The van der Waals surface area contributed by atoms with E-state index in [9.17, 15) is 26.7 Å². The third kappa shape index (κ3) is 2.35. The summed E-state index contributed by atoms with van der Waals surface area (Å²) in [5.41, 5.74) is -1.48. The second-order valence-electron chi connectivity index (χ2n) is 4.40. The molecule has 3 nitrogen and oxygen atoms in total. The number of rotatable bonds is 4. The van der Waals surface area contributed by atoms with Crippen LogP contribution in [0.3, 0.4) is 0 Å². The number of hydrogen-bond donors (Lipinski definition) is 1. The highest BCUT2D eigenvalue weighted by Crippen LogP contribution is 2.30. The maximum absolute atomic E-state index is 13.5. The van der Waals surface area contributed by atoms with E-state index in [2.05, 4.69) is 0 Å². The summed E-state index contributed by atoms with van der Waals surface area (Å²) >= 11 is 0. The Balaban J connectivity index is 2.48. The first kappa shape index (κ1) is 14.7. The van der Waals surface area contributed by atoms with Crippen molar-refractivity contribution in [1.29, 1.82) is 0 Å². The lowest BCUT2D eigenvalue weighted by Crippen LogP contribution is -2.37. The fourth-order valence-corrected chi connectivity index (χ4v) is 1.88. The summed E-state index contributed by atoms with van der Waals surface area (Å²) in [6.07, 6.45) is 1.11. The van der Waals surface area contributed by atoms with Crippen LogP contribution in [-0.2, 0) is 0 Å². The Kier molecular flexibility index (Phi) is 3.94. The normalized spacial score (nSPS) is 14.5. The fraction of sp³-hybridized carbons (Fsp3) is 0.417. The van der Waals surface area contributed by atoms with Crippen molar-refractivity contribution in [3.63, 3.8) is 0 Å². The topological polar surface area (TPSA) is 40.5 Å². The van der Waals surface area contributed by atoms with E-state index in [1.807, 2.05) is 0 Å². The van der Waals surface area contributed by atoms with Crippen LogP contribution in [0.4, 0.5) is 22.0 Å². The number of nitrogens with zero attached hydrogens (tertiary/aromatic N) is 1. The summed E-state index contributed by atoms with van der Waals surface area (Å²) in [6, 6.07) is -0.343. The van der Waals surface area contributed by atoms with Crippen molar-refractivity contribution in [3.05, 3.63) is 34.6 Å². The molecule has 1 aromatic carbocycles. The summed E-state index contributed by atoms with van der Waals surface area (Å²) < 4.78 is 66.0. The zero-order chi connectivity index (χ0) is 15.0. The Morgan fingerprint density at radius 2 is 1.45 bits per heavy atom. The third-order valence-corrected chi connectivity index (χ3v) is 3.01. The van der Waals surface area contributed by atoms with E-state index < -0.39 is 47.2 Å². The van der Waals surface area contributed by atoms with Gasteiger partial charge in [0.25, 0.3) is 5.91 Å². The van der Waals surface area contributed by atoms with Gasteiger partial charge in [-0.3, -0.25) is 4.79 Å². The SMILES string of the molecule is O=C(c1c(F)c(F)c(F)c(F)c1F)N(CCO)C1CC1. The highest BCUT2D eigenvalue weighted by molar-refractivity contribution is 5.95. The van der Waals surface area contributed by atoms with Gasteiger partial charge in [0.1, 0.15) is 5.56 Å². The maximum Gasteiger partial charge on any atom is 0.260 e. The summed E-state index contributed by atoms with van der Waals surface area (Å²) in [4.78, 5) is 12.9. The van der Waals surface area contributed by atoms with Crippen LogP contribution in [-0.4, -0.2) is 35.1 Å². The molecule has 0 atom stereocenters. The van der Waals surface area contributed by atoms with E-state index in [1.165, 1.54) is 0 Å². The van der Waals surface area contributed by atoms with Gasteiger partial charge in [-0.1, -0.05) is 0 Å². The molecule has 0 heterocycles. The van der Waals surface area contributed by atoms with Crippen LogP contribution < -0.4 is 0 Å². The van der Waals surface area contributed by atoms with Crippen molar-refractivity contribution in [2.75, 3.05) is 13.2 Å². The quantitative estimate of drug-likeness (QED) is 0.524. The lowest BCUT2D eigenvalue weighted by molar-refractivity contribution is 0.0694. The fourth-order valence-electron chi connectivity index (χ4n) is 1.88. The molecule has 1 fully saturated rings. The Labute approximate surface area is 110 Å². The minimum Gasteiger partial charge on any atom is -0.395 e. The van der Waals surface area contributed by atoms with Gasteiger partial charge in [-0.05, 0) is 12.8 Å². The predicted molar refractivity (Wildman–Crippen MR) is 57.4 cm³/mol. The molecule has 1 saturated carbocycles. The van der Waals surface area contributed by atoms with Crippen molar-refractivity contribution in [1.82, 2.24) is 4.90 Å². The van der Waals surface area contributed by atoms with Crippen LogP contribution in [0.25, 0.3) is 0 Å². The number of benzene rings is 1. The Morgan fingerprint density at radius 3 is 1.85 bits per heavy atom. The van der Waals surface area contributed by atoms with Crippen LogP contribution in [0.15, 0.2) is 0 Å². The second-order valence-corrected chi connectivity index (χ2v) is 4.40. The molecule has 20 heavy (non-hydrogen) atoms. The van der Waals surface area contributed by atoms with Gasteiger partial charge >= 0.3 is 0 Å². The number of carbonyl (C=O) groups excluding carboxylic acids is 1. The van der Waals surface area contributed by atoms with Gasteiger partial charge in [0, 0.05) is 12.6 Å². The molecular weight excluding hydrogens is 285 g/mol. The first-order valence-electron chi connectivity index (χ1n) is 5.83. The lowest BCUT2D eigenvalue weighted by atomic mass is 10.1. The molecular formula is C12H10F5NO2. The zero-order valence-corrected chi connectivity index (χ0v) is 10.1. The number of carbonyl (C=O) groups is 1. The molecule has 0 unspecified atom stereocenters. The van der Waals surface area contributed by atoms with E-state index in [0.29, 0.717) is 12.8 Å². The molecule has 110 valence electrons. The molecule has 0 radical (unpaired) electrons.